The summed E-state index contributed by atoms with van der Waals surface area (Å²) in [5.41, 5.74) is 4.29. The van der Waals surface area contributed by atoms with E-state index in [4.69, 9.17) is 10.8 Å². The number of carboxylic acids is 1. The van der Waals surface area contributed by atoms with E-state index in [1.165, 1.54) is 33.4 Å². The predicted molar refractivity (Wildman–Crippen MR) is 106 cm³/mol. The second kappa shape index (κ2) is 8.56. The molecule has 1 aromatic carbocycles. The fourth-order valence-electron chi connectivity index (χ4n) is 3.59. The lowest BCUT2D eigenvalue weighted by molar-refractivity contribution is -0.131. The third-order valence-corrected chi connectivity index (χ3v) is 5.16. The van der Waals surface area contributed by atoms with Gasteiger partial charge in [0.1, 0.15) is 17.5 Å². The van der Waals surface area contributed by atoms with Gasteiger partial charge in [0.15, 0.2) is 11.4 Å². The monoisotopic (exact) mass is 432 g/mol. The molecular formula is C20H21FN4O6. The number of pyridine rings is 1. The van der Waals surface area contributed by atoms with Gasteiger partial charge in [-0.05, 0) is 17.7 Å². The Hall–Kier alpha value is -3.73. The highest BCUT2D eigenvalue weighted by Gasteiger charge is 2.43. The number of carbonyl (C=O) groups is 3. The van der Waals surface area contributed by atoms with E-state index in [1.54, 1.807) is 12.1 Å². The van der Waals surface area contributed by atoms with Crippen LogP contribution in [0.3, 0.4) is 0 Å². The highest BCUT2D eigenvalue weighted by atomic mass is 19.1. The fraction of sp³-hybridized carbons (Fsp3) is 0.300. The number of nitrogens with two attached hydrogens (primary N) is 1. The number of carboxylic acid groups (broad SMARTS) is 1. The summed E-state index contributed by atoms with van der Waals surface area (Å²) in [4.78, 5) is 49.8. The standard InChI is InChI=1S/C13H13N3O6.C7H8FN/c1-6(17)15-2-3-16-8(15)5-14-4-7(13(21)22)10(18)11(19)9(14)12(16)20;8-7-3-1-6(5-9)2-4-7/h4,8,19H,2-3,5H2,1H3,(H,21,22);1-4H,5,9H2. The third-order valence-electron chi connectivity index (χ3n) is 5.16. The Kier molecular flexibility index (Phi) is 6.07. The van der Waals surface area contributed by atoms with Crippen molar-refractivity contribution in [1.29, 1.82) is 0 Å². The van der Waals surface area contributed by atoms with Crippen LogP contribution in [0.4, 0.5) is 4.39 Å². The first-order valence-electron chi connectivity index (χ1n) is 9.38. The molecule has 11 heteroatoms. The zero-order chi connectivity index (χ0) is 22.9. The largest absolute Gasteiger partial charge is 0.503 e. The normalized spacial score (nSPS) is 16.9. The average Bonchev–Trinajstić information content (AvgIpc) is 3.16. The van der Waals surface area contributed by atoms with E-state index < -0.39 is 34.8 Å². The van der Waals surface area contributed by atoms with E-state index in [1.807, 2.05) is 0 Å². The number of aromatic nitrogens is 1. The molecule has 1 fully saturated rings. The molecule has 3 heterocycles. The molecule has 0 spiro atoms. The molecule has 0 radical (unpaired) electrons. The van der Waals surface area contributed by atoms with Gasteiger partial charge < -0.3 is 30.3 Å². The lowest BCUT2D eigenvalue weighted by Gasteiger charge is -2.35. The molecule has 1 saturated heterocycles. The second-order valence-corrected chi connectivity index (χ2v) is 7.05. The Morgan fingerprint density at radius 1 is 1.19 bits per heavy atom. The van der Waals surface area contributed by atoms with Gasteiger partial charge in [0.05, 0.1) is 6.54 Å². The highest BCUT2D eigenvalue weighted by Crippen LogP contribution is 2.28. The Morgan fingerprint density at radius 2 is 1.84 bits per heavy atom. The van der Waals surface area contributed by atoms with Crippen LogP contribution in [-0.4, -0.2) is 61.6 Å². The molecule has 4 rings (SSSR count). The summed E-state index contributed by atoms with van der Waals surface area (Å²) in [5.74, 6) is -3.36. The van der Waals surface area contributed by atoms with Crippen molar-refractivity contribution in [2.75, 3.05) is 13.1 Å². The Morgan fingerprint density at radius 3 is 2.39 bits per heavy atom. The number of benzene rings is 1. The van der Waals surface area contributed by atoms with E-state index in [0.29, 0.717) is 19.6 Å². The quantitative estimate of drug-likeness (QED) is 0.613. The zero-order valence-corrected chi connectivity index (χ0v) is 16.6. The van der Waals surface area contributed by atoms with Gasteiger partial charge in [0.2, 0.25) is 11.3 Å². The van der Waals surface area contributed by atoms with Gasteiger partial charge in [-0.15, -0.1) is 0 Å². The predicted octanol–water partition coefficient (Wildman–Crippen LogP) is 0.181. The van der Waals surface area contributed by atoms with Crippen molar-refractivity contribution < 1.29 is 29.0 Å². The smallest absolute Gasteiger partial charge is 0.341 e. The van der Waals surface area contributed by atoms with Crippen molar-refractivity contribution in [3.63, 3.8) is 0 Å². The summed E-state index contributed by atoms with van der Waals surface area (Å²) in [6.07, 6.45) is 0.493. The van der Waals surface area contributed by atoms with E-state index in [-0.39, 0.29) is 24.0 Å². The maximum Gasteiger partial charge on any atom is 0.341 e. The van der Waals surface area contributed by atoms with Gasteiger partial charge in [0, 0.05) is 32.8 Å². The Labute approximate surface area is 175 Å². The van der Waals surface area contributed by atoms with E-state index >= 15 is 0 Å². The number of hydrogen-bond acceptors (Lipinski definition) is 6. The number of fused-ring (bicyclic) bond motifs is 2. The summed E-state index contributed by atoms with van der Waals surface area (Å²) >= 11 is 0. The summed E-state index contributed by atoms with van der Waals surface area (Å²) in [6, 6.07) is 6.16. The fourth-order valence-corrected chi connectivity index (χ4v) is 3.59. The van der Waals surface area contributed by atoms with Crippen LogP contribution >= 0.6 is 0 Å². The van der Waals surface area contributed by atoms with Crippen molar-refractivity contribution >= 4 is 17.8 Å². The molecule has 1 atom stereocenters. The van der Waals surface area contributed by atoms with Crippen LogP contribution in [0, 0.1) is 5.82 Å². The summed E-state index contributed by atoms with van der Waals surface area (Å²) in [5, 5.41) is 18.9. The molecule has 2 aliphatic heterocycles. The van der Waals surface area contributed by atoms with Crippen molar-refractivity contribution in [3.05, 3.63) is 63.3 Å². The van der Waals surface area contributed by atoms with Crippen LogP contribution in [0.5, 0.6) is 5.75 Å². The summed E-state index contributed by atoms with van der Waals surface area (Å²) in [7, 11) is 0. The van der Waals surface area contributed by atoms with Crippen molar-refractivity contribution in [3.8, 4) is 5.75 Å². The Bertz CT molecular complexity index is 1100. The van der Waals surface area contributed by atoms with Gasteiger partial charge in [-0.1, -0.05) is 12.1 Å². The maximum absolute atomic E-state index is 12.4. The molecule has 4 N–H and O–H groups in total. The SMILES string of the molecule is CC(=O)N1CCN2C(=O)c3c(O)c(=O)c(C(=O)O)cn3CC12.NCc1ccc(F)cc1. The van der Waals surface area contributed by atoms with E-state index in [2.05, 4.69) is 0 Å². The van der Waals surface area contributed by atoms with E-state index in [0.717, 1.165) is 11.8 Å². The molecule has 2 aromatic rings. The number of halogens is 1. The molecule has 2 amide bonds. The minimum absolute atomic E-state index is 0.106. The second-order valence-electron chi connectivity index (χ2n) is 7.05. The maximum atomic E-state index is 12.4. The first-order chi connectivity index (χ1) is 14.6. The number of amides is 2. The minimum atomic E-state index is -1.49. The molecule has 10 nitrogen and oxygen atoms in total. The van der Waals surface area contributed by atoms with Crippen molar-refractivity contribution in [2.24, 2.45) is 5.73 Å². The molecule has 31 heavy (non-hydrogen) atoms. The number of carbonyl (C=O) groups excluding carboxylic acids is 2. The summed E-state index contributed by atoms with van der Waals surface area (Å²) < 4.78 is 13.4. The van der Waals surface area contributed by atoms with Crippen LogP contribution in [0.15, 0.2) is 35.3 Å². The van der Waals surface area contributed by atoms with Crippen molar-refractivity contribution in [1.82, 2.24) is 14.4 Å². The first-order valence-corrected chi connectivity index (χ1v) is 9.38. The number of rotatable bonds is 2. The summed E-state index contributed by atoms with van der Waals surface area (Å²) in [6.45, 7) is 2.62. The lowest BCUT2D eigenvalue weighted by atomic mass is 10.1. The highest BCUT2D eigenvalue weighted by molar-refractivity contribution is 5.98. The molecule has 0 bridgehead atoms. The number of aromatic carboxylic acids is 1. The van der Waals surface area contributed by atoms with Gasteiger partial charge >= 0.3 is 5.97 Å². The first kappa shape index (κ1) is 22.0. The zero-order valence-electron chi connectivity index (χ0n) is 16.6. The molecule has 0 saturated carbocycles. The average molecular weight is 432 g/mol. The number of nitrogens with zero attached hydrogens (tertiary/aromatic N) is 3. The van der Waals surface area contributed by atoms with E-state index in [9.17, 15) is 28.7 Å². The number of aromatic hydroxyl groups is 1. The van der Waals surface area contributed by atoms with Gasteiger partial charge in [0.25, 0.3) is 5.91 Å². The molecule has 1 aromatic heterocycles. The number of hydrogen-bond donors (Lipinski definition) is 3. The van der Waals surface area contributed by atoms with Crippen LogP contribution in [0.2, 0.25) is 0 Å². The van der Waals surface area contributed by atoms with Gasteiger partial charge in [-0.3, -0.25) is 14.4 Å². The Balaban J connectivity index is 0.000000254. The van der Waals surface area contributed by atoms with Crippen LogP contribution in [0.1, 0.15) is 33.3 Å². The molecule has 0 aliphatic carbocycles. The molecule has 1 unspecified atom stereocenters. The molecular weight excluding hydrogens is 411 g/mol. The van der Waals surface area contributed by atoms with Gasteiger partial charge in [-0.2, -0.15) is 0 Å². The third kappa shape index (κ3) is 4.12. The lowest BCUT2D eigenvalue weighted by Crippen LogP contribution is -2.51. The topological polar surface area (TPSA) is 146 Å². The van der Waals surface area contributed by atoms with Crippen LogP contribution in [-0.2, 0) is 17.9 Å². The van der Waals surface area contributed by atoms with Crippen LogP contribution in [0.25, 0.3) is 0 Å². The molecule has 164 valence electrons. The minimum Gasteiger partial charge on any atom is -0.503 e. The van der Waals surface area contributed by atoms with Gasteiger partial charge in [-0.25, -0.2) is 9.18 Å². The molecule has 2 aliphatic rings. The van der Waals surface area contributed by atoms with Crippen molar-refractivity contribution in [2.45, 2.75) is 26.2 Å². The van der Waals surface area contributed by atoms with Crippen LogP contribution < -0.4 is 11.2 Å².